The number of amides is 2. The number of benzene rings is 3. The van der Waals surface area contributed by atoms with E-state index in [-0.39, 0.29) is 29.8 Å². The number of likely N-dealkylation sites (tertiary alicyclic amines) is 1. The average Bonchev–Trinajstić information content (AvgIpc) is 3.50. The Hall–Kier alpha value is -5.03. The van der Waals surface area contributed by atoms with E-state index in [1.807, 2.05) is 66.5 Å². The minimum atomic E-state index is -3.11. The van der Waals surface area contributed by atoms with Gasteiger partial charge in [0.05, 0.1) is 31.3 Å². The molecule has 60 heavy (non-hydrogen) atoms. The summed E-state index contributed by atoms with van der Waals surface area (Å²) in [5, 5.41) is 5.05. The lowest BCUT2D eigenvalue weighted by molar-refractivity contribution is -0.125. The molecule has 0 radical (unpaired) electrons. The predicted molar refractivity (Wildman–Crippen MR) is 242 cm³/mol. The van der Waals surface area contributed by atoms with Crippen LogP contribution in [0.4, 0.5) is 0 Å². The third-order valence-corrected chi connectivity index (χ3v) is 12.9. The number of ether oxygens (including phenoxy) is 2. The van der Waals surface area contributed by atoms with E-state index in [2.05, 4.69) is 43.0 Å². The topological polar surface area (TPSA) is 156 Å². The van der Waals surface area contributed by atoms with E-state index in [0.717, 1.165) is 47.8 Å². The Morgan fingerprint density at radius 2 is 1.58 bits per heavy atom. The van der Waals surface area contributed by atoms with Gasteiger partial charge >= 0.3 is 0 Å². The first kappa shape index (κ1) is 49.3. The van der Waals surface area contributed by atoms with Gasteiger partial charge in [0.25, 0.3) is 7.37 Å². The lowest BCUT2D eigenvalue weighted by atomic mass is 10.1. The van der Waals surface area contributed by atoms with Crippen molar-refractivity contribution in [3.8, 4) is 22.8 Å². The lowest BCUT2D eigenvalue weighted by Gasteiger charge is -2.29. The highest BCUT2D eigenvalue weighted by Gasteiger charge is 2.65. The van der Waals surface area contributed by atoms with E-state index >= 15 is 0 Å². The molecule has 3 aromatic carbocycles. The second-order valence-corrected chi connectivity index (χ2v) is 18.4. The molecule has 12 nitrogen and oxygen atoms in total. The normalized spacial score (nSPS) is 20.1. The Bertz CT molecular complexity index is 2030. The van der Waals surface area contributed by atoms with Gasteiger partial charge in [0, 0.05) is 42.9 Å². The number of rotatable bonds is 12. The molecule has 2 saturated carbocycles. The molecule has 1 saturated heterocycles. The zero-order chi connectivity index (χ0) is 44.1. The second kappa shape index (κ2) is 24.9. The van der Waals surface area contributed by atoms with Crippen molar-refractivity contribution in [2.45, 2.75) is 83.1 Å². The van der Waals surface area contributed by atoms with Crippen LogP contribution in [0.3, 0.4) is 0 Å². The summed E-state index contributed by atoms with van der Waals surface area (Å²) < 4.78 is 29.5. The van der Waals surface area contributed by atoms with Crippen LogP contribution in [0.25, 0.3) is 22.2 Å². The van der Waals surface area contributed by atoms with Gasteiger partial charge in [-0.15, -0.1) is 6.58 Å². The summed E-state index contributed by atoms with van der Waals surface area (Å²) in [6.07, 6.45) is 11.2. The molecular weight excluding hydrogens is 780 g/mol. The standard InChI is InChI=1S/C18H25N2O3P.C16H13NO2.C6H12O.C4H10.C3H5NO2/c1-4-14-13-18(14,19-17(21)16-11-8-12-20(16)2)24(3,22)23-15-9-6-5-7-10-15;1-19-12-7-8-13-15(9-12)17-14(10-16(13)18)11-5-3-2-4-6-11;1-7-6-4-2-3-5-6;1-4(2)3;5-2-1-4-3-6/h4-7,9-10,14,16H,1,8,11-13H2,2-3H3,(H,19,21);2-10H,1H3,(H,17,18);6H,2-5H2,1H3;4H,1-3H3;2-3H,1H2,(H,4,6)/t14?,16?,18-,24?;;;;/m0..../s1. The number of aldehydes is 1. The van der Waals surface area contributed by atoms with E-state index in [1.165, 1.54) is 25.7 Å². The van der Waals surface area contributed by atoms with E-state index in [0.29, 0.717) is 36.4 Å². The quantitative estimate of drug-likeness (QED) is 0.0551. The SMILES string of the molecule is C=CC1C[C@]1(NC(=O)C1CCCN1C)P(C)(=O)Oc1ccccc1.CC(C)C.COC1CCCC1.COc1ccc2c(=O)cc(-c3ccccc3)[nH]c2c1.O=CCNC=O. The van der Waals surface area contributed by atoms with E-state index in [9.17, 15) is 23.7 Å². The molecule has 4 atom stereocenters. The molecule has 2 aliphatic carbocycles. The molecule has 3 fully saturated rings. The van der Waals surface area contributed by atoms with Crippen LogP contribution in [-0.2, 0) is 23.7 Å². The second-order valence-electron chi connectivity index (χ2n) is 15.7. The molecule has 2 heterocycles. The van der Waals surface area contributed by atoms with Crippen LogP contribution in [0.15, 0.2) is 102 Å². The molecule has 1 aromatic heterocycles. The number of carbonyl (C=O) groups is 3. The molecule has 0 spiro atoms. The number of H-pyrrole nitrogens is 1. The summed E-state index contributed by atoms with van der Waals surface area (Å²) >= 11 is 0. The number of aromatic amines is 1. The Balaban J connectivity index is 0.000000234. The molecule has 3 aliphatic rings. The van der Waals surface area contributed by atoms with Crippen molar-refractivity contribution >= 4 is 36.9 Å². The number of para-hydroxylation sites is 1. The Labute approximate surface area is 355 Å². The van der Waals surface area contributed by atoms with Crippen LogP contribution in [0, 0.1) is 11.8 Å². The van der Waals surface area contributed by atoms with Crippen molar-refractivity contribution in [3.05, 3.63) is 108 Å². The zero-order valence-corrected chi connectivity index (χ0v) is 37.3. The lowest BCUT2D eigenvalue weighted by Crippen LogP contribution is -2.48. The summed E-state index contributed by atoms with van der Waals surface area (Å²) in [7, 11) is 2.25. The number of aromatic nitrogens is 1. The van der Waals surface area contributed by atoms with Crippen LogP contribution in [0.5, 0.6) is 11.5 Å². The molecule has 2 amide bonds. The first-order chi connectivity index (χ1) is 28.7. The van der Waals surface area contributed by atoms with E-state index < -0.39 is 12.6 Å². The monoisotopic (exact) mass is 844 g/mol. The predicted octanol–water partition coefficient (Wildman–Crippen LogP) is 8.46. The zero-order valence-electron chi connectivity index (χ0n) is 36.4. The minimum absolute atomic E-state index is 0.00950. The molecule has 0 bridgehead atoms. The fourth-order valence-corrected chi connectivity index (χ4v) is 9.16. The fourth-order valence-electron chi connectivity index (χ4n) is 6.92. The van der Waals surface area contributed by atoms with Crippen LogP contribution in [0.2, 0.25) is 0 Å². The third-order valence-electron chi connectivity index (χ3n) is 10.2. The van der Waals surface area contributed by atoms with E-state index in [1.54, 1.807) is 57.3 Å². The molecule has 4 aromatic rings. The number of carbonyl (C=O) groups excluding carboxylic acids is 3. The van der Waals surface area contributed by atoms with Gasteiger partial charge in [0.15, 0.2) is 5.43 Å². The smallest absolute Gasteiger partial charge is 0.270 e. The average molecular weight is 845 g/mol. The number of nitrogens with zero attached hydrogens (tertiary/aromatic N) is 1. The summed E-state index contributed by atoms with van der Waals surface area (Å²) in [6.45, 7) is 13.0. The Morgan fingerprint density at radius 3 is 2.07 bits per heavy atom. The Kier molecular flexibility index (Phi) is 20.5. The summed E-state index contributed by atoms with van der Waals surface area (Å²) in [5.74, 6) is 2.05. The van der Waals surface area contributed by atoms with Crippen LogP contribution >= 0.6 is 7.37 Å². The first-order valence-corrected chi connectivity index (χ1v) is 22.7. The highest BCUT2D eigenvalue weighted by molar-refractivity contribution is 7.60. The van der Waals surface area contributed by atoms with Gasteiger partial charge in [-0.05, 0) is 81.4 Å². The molecule has 7 rings (SSSR count). The van der Waals surface area contributed by atoms with Gasteiger partial charge in [-0.25, -0.2) is 0 Å². The summed E-state index contributed by atoms with van der Waals surface area (Å²) in [4.78, 5) is 48.8. The molecular formula is C47H65N4O8P. The third kappa shape index (κ3) is 14.9. The van der Waals surface area contributed by atoms with Gasteiger partial charge in [0.2, 0.25) is 12.3 Å². The number of fused-ring (bicyclic) bond motifs is 1. The molecule has 13 heteroatoms. The Morgan fingerprint density at radius 1 is 0.950 bits per heavy atom. The summed E-state index contributed by atoms with van der Waals surface area (Å²) in [6, 6.07) is 25.8. The maximum atomic E-state index is 13.4. The van der Waals surface area contributed by atoms with Crippen LogP contribution in [0.1, 0.15) is 65.7 Å². The first-order valence-electron chi connectivity index (χ1n) is 20.6. The van der Waals surface area contributed by atoms with Crippen molar-refractivity contribution < 1.29 is 32.9 Å². The number of nitrogens with one attached hydrogen (secondary N) is 3. The van der Waals surface area contributed by atoms with Crippen molar-refractivity contribution in [1.82, 2.24) is 20.5 Å². The van der Waals surface area contributed by atoms with Gasteiger partial charge < -0.3 is 34.4 Å². The van der Waals surface area contributed by atoms with Gasteiger partial charge in [-0.2, -0.15) is 0 Å². The fraction of sp³-hybridized carbons (Fsp3) is 0.447. The highest BCUT2D eigenvalue weighted by atomic mass is 31.2. The number of likely N-dealkylation sites (N-methyl/N-ethyl adjacent to an activating group) is 1. The maximum Gasteiger partial charge on any atom is 0.270 e. The van der Waals surface area contributed by atoms with Gasteiger partial charge in [0.1, 0.15) is 23.1 Å². The molecule has 326 valence electrons. The molecule has 1 aliphatic heterocycles. The van der Waals surface area contributed by atoms with Gasteiger partial charge in [-0.1, -0.05) is 88.2 Å². The van der Waals surface area contributed by atoms with Crippen LogP contribution in [-0.4, -0.2) is 86.9 Å². The minimum Gasteiger partial charge on any atom is -0.497 e. The van der Waals surface area contributed by atoms with Crippen LogP contribution < -0.4 is 25.3 Å². The maximum absolute atomic E-state index is 13.4. The van der Waals surface area contributed by atoms with Crippen molar-refractivity contribution in [3.63, 3.8) is 0 Å². The van der Waals surface area contributed by atoms with Gasteiger partial charge in [-0.3, -0.25) is 23.8 Å². The van der Waals surface area contributed by atoms with E-state index in [4.69, 9.17) is 14.0 Å². The number of methoxy groups -OCH3 is 2. The van der Waals surface area contributed by atoms with Crippen molar-refractivity contribution in [2.24, 2.45) is 11.8 Å². The number of hydrogen-bond donors (Lipinski definition) is 3. The number of pyridine rings is 1. The number of hydrogen-bond acceptors (Lipinski definition) is 9. The molecule has 3 N–H and O–H groups in total. The largest absolute Gasteiger partial charge is 0.497 e. The highest BCUT2D eigenvalue weighted by Crippen LogP contribution is 2.69. The summed E-state index contributed by atoms with van der Waals surface area (Å²) in [5.41, 5.74) is 2.59. The van der Waals surface area contributed by atoms with Crippen molar-refractivity contribution in [1.29, 1.82) is 0 Å². The van der Waals surface area contributed by atoms with Crippen molar-refractivity contribution in [2.75, 3.05) is 41.0 Å². The molecule has 3 unspecified atom stereocenters.